The molecule has 15 heavy (non-hydrogen) atoms. The van der Waals surface area contributed by atoms with E-state index in [0.717, 1.165) is 6.42 Å². The van der Waals surface area contributed by atoms with Crippen LogP contribution in [0, 0.1) is 0 Å². The quantitative estimate of drug-likeness (QED) is 0.400. The lowest BCUT2D eigenvalue weighted by Crippen LogP contribution is -2.32. The van der Waals surface area contributed by atoms with E-state index < -0.39 is 11.9 Å². The standard InChI is InChI=1S/C12H20O3/c1-5-12(4,15-11(14)9-13)8-6-7-10(2)3/h5,7,9,11,14H,1,6,8H2,2-4H3. The zero-order valence-corrected chi connectivity index (χ0v) is 9.69. The number of aldehydes is 1. The summed E-state index contributed by atoms with van der Waals surface area (Å²) in [6.07, 6.45) is 4.20. The van der Waals surface area contributed by atoms with Crippen LogP contribution < -0.4 is 0 Å². The van der Waals surface area contributed by atoms with E-state index in [1.54, 1.807) is 13.0 Å². The van der Waals surface area contributed by atoms with Gasteiger partial charge in [-0.05, 0) is 33.6 Å². The molecule has 0 fully saturated rings. The summed E-state index contributed by atoms with van der Waals surface area (Å²) < 4.78 is 5.16. The van der Waals surface area contributed by atoms with Gasteiger partial charge in [0.25, 0.3) is 0 Å². The Morgan fingerprint density at radius 2 is 2.20 bits per heavy atom. The molecule has 0 aromatic carbocycles. The average molecular weight is 212 g/mol. The van der Waals surface area contributed by atoms with Gasteiger partial charge >= 0.3 is 0 Å². The van der Waals surface area contributed by atoms with Crippen molar-refractivity contribution in [1.82, 2.24) is 0 Å². The highest BCUT2D eigenvalue weighted by Crippen LogP contribution is 2.20. The van der Waals surface area contributed by atoms with Gasteiger partial charge in [0.05, 0.1) is 5.60 Å². The highest BCUT2D eigenvalue weighted by atomic mass is 16.6. The van der Waals surface area contributed by atoms with Crippen LogP contribution in [0.25, 0.3) is 0 Å². The summed E-state index contributed by atoms with van der Waals surface area (Å²) in [6.45, 7) is 9.48. The van der Waals surface area contributed by atoms with Crippen LogP contribution in [0.2, 0.25) is 0 Å². The van der Waals surface area contributed by atoms with Gasteiger partial charge in [-0.1, -0.05) is 17.7 Å². The summed E-state index contributed by atoms with van der Waals surface area (Å²) in [5.74, 6) is 0. The Morgan fingerprint density at radius 3 is 2.60 bits per heavy atom. The maximum atomic E-state index is 10.3. The van der Waals surface area contributed by atoms with Crippen molar-refractivity contribution in [3.8, 4) is 0 Å². The third kappa shape index (κ3) is 6.20. The Morgan fingerprint density at radius 1 is 1.60 bits per heavy atom. The molecular formula is C12H20O3. The fourth-order valence-corrected chi connectivity index (χ4v) is 1.16. The van der Waals surface area contributed by atoms with Crippen LogP contribution >= 0.6 is 0 Å². The average Bonchev–Trinajstić information content (AvgIpc) is 2.17. The number of allylic oxidation sites excluding steroid dienone is 2. The molecule has 1 N–H and O–H groups in total. The molecule has 2 unspecified atom stereocenters. The van der Waals surface area contributed by atoms with Crippen LogP contribution in [0.3, 0.4) is 0 Å². The second-order valence-corrected chi connectivity index (χ2v) is 3.98. The molecule has 3 heteroatoms. The van der Waals surface area contributed by atoms with Gasteiger partial charge in [-0.25, -0.2) is 0 Å². The van der Waals surface area contributed by atoms with Gasteiger partial charge in [0.2, 0.25) is 6.29 Å². The number of hydrogen-bond acceptors (Lipinski definition) is 3. The van der Waals surface area contributed by atoms with E-state index in [0.29, 0.717) is 12.7 Å². The molecule has 0 aliphatic carbocycles. The molecule has 86 valence electrons. The molecule has 0 aliphatic heterocycles. The van der Waals surface area contributed by atoms with E-state index in [2.05, 4.69) is 12.7 Å². The summed E-state index contributed by atoms with van der Waals surface area (Å²) in [4.78, 5) is 10.3. The first kappa shape index (κ1) is 14.1. The monoisotopic (exact) mass is 212 g/mol. The van der Waals surface area contributed by atoms with E-state index in [4.69, 9.17) is 9.84 Å². The first-order valence-corrected chi connectivity index (χ1v) is 5.01. The van der Waals surface area contributed by atoms with Crippen LogP contribution in [0.5, 0.6) is 0 Å². The minimum Gasteiger partial charge on any atom is -0.362 e. The van der Waals surface area contributed by atoms with E-state index >= 15 is 0 Å². The number of aliphatic hydroxyl groups excluding tert-OH is 1. The zero-order valence-electron chi connectivity index (χ0n) is 9.69. The van der Waals surface area contributed by atoms with Gasteiger partial charge < -0.3 is 9.84 Å². The molecule has 3 nitrogen and oxygen atoms in total. The maximum absolute atomic E-state index is 10.3. The van der Waals surface area contributed by atoms with Crippen LogP contribution in [0.1, 0.15) is 33.6 Å². The molecule has 0 heterocycles. The Hall–Kier alpha value is -0.930. The molecular weight excluding hydrogens is 192 g/mol. The third-order valence-electron chi connectivity index (χ3n) is 2.13. The molecule has 0 rings (SSSR count). The second-order valence-electron chi connectivity index (χ2n) is 3.98. The molecule has 0 aromatic heterocycles. The summed E-state index contributed by atoms with van der Waals surface area (Å²) >= 11 is 0. The second kappa shape index (κ2) is 6.53. The molecule has 0 saturated carbocycles. The highest BCUT2D eigenvalue weighted by molar-refractivity contribution is 5.53. The van der Waals surface area contributed by atoms with E-state index in [1.807, 2.05) is 13.8 Å². The Balaban J connectivity index is 4.24. The summed E-state index contributed by atoms with van der Waals surface area (Å²) in [5, 5.41) is 9.08. The van der Waals surface area contributed by atoms with Crippen molar-refractivity contribution in [2.45, 2.75) is 45.5 Å². The first-order chi connectivity index (χ1) is 6.93. The lowest BCUT2D eigenvalue weighted by molar-refractivity contribution is -0.168. The highest BCUT2D eigenvalue weighted by Gasteiger charge is 2.23. The summed E-state index contributed by atoms with van der Waals surface area (Å²) in [6, 6.07) is 0. The Bertz CT molecular complexity index is 241. The van der Waals surface area contributed by atoms with Gasteiger partial charge in [0, 0.05) is 0 Å². The topological polar surface area (TPSA) is 46.5 Å². The fraction of sp³-hybridized carbons (Fsp3) is 0.583. The first-order valence-electron chi connectivity index (χ1n) is 5.01. The van der Waals surface area contributed by atoms with Gasteiger partial charge in [-0.3, -0.25) is 4.79 Å². The van der Waals surface area contributed by atoms with E-state index in [-0.39, 0.29) is 0 Å². The predicted molar refractivity (Wildman–Crippen MR) is 60.4 cm³/mol. The molecule has 0 aromatic rings. The third-order valence-corrected chi connectivity index (χ3v) is 2.13. The number of carbonyl (C=O) groups is 1. The molecule has 0 radical (unpaired) electrons. The van der Waals surface area contributed by atoms with Crippen LogP contribution in [-0.4, -0.2) is 23.3 Å². The van der Waals surface area contributed by atoms with E-state index in [1.165, 1.54) is 5.57 Å². The van der Waals surface area contributed by atoms with Crippen LogP contribution in [-0.2, 0) is 9.53 Å². The molecule has 0 amide bonds. The smallest absolute Gasteiger partial charge is 0.212 e. The van der Waals surface area contributed by atoms with Crippen molar-refractivity contribution < 1.29 is 14.6 Å². The van der Waals surface area contributed by atoms with Crippen molar-refractivity contribution in [2.24, 2.45) is 0 Å². The van der Waals surface area contributed by atoms with Crippen molar-refractivity contribution in [2.75, 3.05) is 0 Å². The molecule has 0 saturated heterocycles. The van der Waals surface area contributed by atoms with Gasteiger partial charge in [-0.15, -0.1) is 6.58 Å². The predicted octanol–water partition coefficient (Wildman–Crippen LogP) is 2.21. The van der Waals surface area contributed by atoms with Crippen molar-refractivity contribution in [3.63, 3.8) is 0 Å². The maximum Gasteiger partial charge on any atom is 0.212 e. The van der Waals surface area contributed by atoms with Gasteiger partial charge in [0.15, 0.2) is 6.29 Å². The number of rotatable bonds is 7. The molecule has 0 bridgehead atoms. The van der Waals surface area contributed by atoms with E-state index in [9.17, 15) is 4.79 Å². The number of aliphatic hydroxyl groups is 1. The van der Waals surface area contributed by atoms with Crippen LogP contribution in [0.15, 0.2) is 24.3 Å². The number of ether oxygens (including phenoxy) is 1. The summed E-state index contributed by atoms with van der Waals surface area (Å²) in [5.41, 5.74) is 0.573. The molecule has 0 spiro atoms. The fourth-order valence-electron chi connectivity index (χ4n) is 1.16. The lowest BCUT2D eigenvalue weighted by Gasteiger charge is -2.26. The minimum absolute atomic E-state index is 0.364. The van der Waals surface area contributed by atoms with Crippen molar-refractivity contribution in [3.05, 3.63) is 24.3 Å². The van der Waals surface area contributed by atoms with Gasteiger partial charge in [0.1, 0.15) is 0 Å². The molecule has 0 aliphatic rings. The number of hydrogen-bond donors (Lipinski definition) is 1. The zero-order chi connectivity index (χ0) is 11.9. The van der Waals surface area contributed by atoms with Crippen LogP contribution in [0.4, 0.5) is 0 Å². The Kier molecular flexibility index (Phi) is 6.13. The number of carbonyl (C=O) groups excluding carboxylic acids is 1. The van der Waals surface area contributed by atoms with Crippen molar-refractivity contribution >= 4 is 6.29 Å². The summed E-state index contributed by atoms with van der Waals surface area (Å²) in [7, 11) is 0. The lowest BCUT2D eigenvalue weighted by atomic mass is 9.99. The Labute approximate surface area is 91.4 Å². The van der Waals surface area contributed by atoms with Crippen molar-refractivity contribution in [1.29, 1.82) is 0 Å². The minimum atomic E-state index is -1.38. The SMILES string of the molecule is C=CC(C)(CCC=C(C)C)OC(O)C=O. The normalized spacial score (nSPS) is 16.3. The van der Waals surface area contributed by atoms with Gasteiger partial charge in [-0.2, -0.15) is 0 Å². The molecule has 2 atom stereocenters. The largest absolute Gasteiger partial charge is 0.362 e.